The third-order valence-corrected chi connectivity index (χ3v) is 3.81. The summed E-state index contributed by atoms with van der Waals surface area (Å²) in [4.78, 5) is 0. The SMILES string of the molecule is CNC(Cc1ccc(Br)cc1)c1c(F)cccc1OC. The van der Waals surface area contributed by atoms with Gasteiger partial charge in [-0.15, -0.1) is 0 Å². The van der Waals surface area contributed by atoms with E-state index in [1.165, 1.54) is 6.07 Å². The monoisotopic (exact) mass is 337 g/mol. The zero-order chi connectivity index (χ0) is 14.5. The molecule has 2 aromatic carbocycles. The van der Waals surface area contributed by atoms with E-state index in [0.717, 1.165) is 10.0 Å². The number of hydrogen-bond donors (Lipinski definition) is 1. The molecule has 2 aromatic rings. The van der Waals surface area contributed by atoms with Crippen LogP contribution in [0.5, 0.6) is 5.75 Å². The highest BCUT2D eigenvalue weighted by molar-refractivity contribution is 9.10. The molecule has 0 heterocycles. The second-order valence-corrected chi connectivity index (χ2v) is 5.44. The van der Waals surface area contributed by atoms with Crippen molar-refractivity contribution >= 4 is 15.9 Å². The lowest BCUT2D eigenvalue weighted by Crippen LogP contribution is -2.21. The molecule has 0 aromatic heterocycles. The molecule has 1 N–H and O–H groups in total. The normalized spacial score (nSPS) is 12.2. The highest BCUT2D eigenvalue weighted by atomic mass is 79.9. The Morgan fingerprint density at radius 1 is 1.20 bits per heavy atom. The van der Waals surface area contributed by atoms with Crippen LogP contribution >= 0.6 is 15.9 Å². The van der Waals surface area contributed by atoms with Gasteiger partial charge in [0.2, 0.25) is 0 Å². The zero-order valence-corrected chi connectivity index (χ0v) is 13.1. The summed E-state index contributed by atoms with van der Waals surface area (Å²) in [6.45, 7) is 0. The highest BCUT2D eigenvalue weighted by Crippen LogP contribution is 2.30. The minimum atomic E-state index is -0.249. The fourth-order valence-electron chi connectivity index (χ4n) is 2.24. The average Bonchev–Trinajstić information content (AvgIpc) is 2.47. The maximum absolute atomic E-state index is 14.1. The number of methoxy groups -OCH3 is 1. The third-order valence-electron chi connectivity index (χ3n) is 3.28. The van der Waals surface area contributed by atoms with Crippen molar-refractivity contribution in [2.75, 3.05) is 14.2 Å². The van der Waals surface area contributed by atoms with Gasteiger partial charge in [0.25, 0.3) is 0 Å². The molecule has 2 nitrogen and oxygen atoms in total. The van der Waals surface area contributed by atoms with Gasteiger partial charge >= 0.3 is 0 Å². The van der Waals surface area contributed by atoms with Crippen LogP contribution in [0.15, 0.2) is 46.9 Å². The summed E-state index contributed by atoms with van der Waals surface area (Å²) in [5.41, 5.74) is 1.71. The van der Waals surface area contributed by atoms with Gasteiger partial charge in [-0.2, -0.15) is 0 Å². The molecule has 0 aliphatic heterocycles. The van der Waals surface area contributed by atoms with Gasteiger partial charge in [-0.3, -0.25) is 0 Å². The van der Waals surface area contributed by atoms with Crippen molar-refractivity contribution in [1.82, 2.24) is 5.32 Å². The zero-order valence-electron chi connectivity index (χ0n) is 11.5. The molecule has 0 amide bonds. The maximum atomic E-state index is 14.1. The molecular weight excluding hydrogens is 321 g/mol. The van der Waals surface area contributed by atoms with E-state index in [1.807, 2.05) is 31.3 Å². The minimum absolute atomic E-state index is 0.132. The van der Waals surface area contributed by atoms with Gasteiger partial charge in [0.1, 0.15) is 11.6 Å². The molecule has 0 bridgehead atoms. The summed E-state index contributed by atoms with van der Waals surface area (Å²) in [7, 11) is 3.39. The van der Waals surface area contributed by atoms with Crippen LogP contribution < -0.4 is 10.1 Å². The molecule has 4 heteroatoms. The summed E-state index contributed by atoms with van der Waals surface area (Å²) in [6, 6.07) is 12.8. The molecule has 0 saturated heterocycles. The Hall–Kier alpha value is -1.39. The van der Waals surface area contributed by atoms with Crippen LogP contribution in [0, 0.1) is 5.82 Å². The first-order valence-electron chi connectivity index (χ1n) is 6.39. The first-order valence-corrected chi connectivity index (χ1v) is 7.19. The van der Waals surface area contributed by atoms with Gasteiger partial charge in [0, 0.05) is 16.1 Å². The number of nitrogens with one attached hydrogen (secondary N) is 1. The van der Waals surface area contributed by atoms with Gasteiger partial charge in [-0.05, 0) is 43.3 Å². The van der Waals surface area contributed by atoms with Crippen LogP contribution in [-0.2, 0) is 6.42 Å². The van der Waals surface area contributed by atoms with E-state index in [9.17, 15) is 4.39 Å². The van der Waals surface area contributed by atoms with E-state index < -0.39 is 0 Å². The van der Waals surface area contributed by atoms with E-state index in [0.29, 0.717) is 17.7 Å². The Balaban J connectivity index is 2.31. The average molecular weight is 338 g/mol. The molecule has 1 unspecified atom stereocenters. The summed E-state index contributed by atoms with van der Waals surface area (Å²) < 4.78 is 20.4. The summed E-state index contributed by atoms with van der Waals surface area (Å²) >= 11 is 3.41. The van der Waals surface area contributed by atoms with Crippen molar-refractivity contribution in [2.45, 2.75) is 12.5 Å². The van der Waals surface area contributed by atoms with Crippen molar-refractivity contribution in [3.63, 3.8) is 0 Å². The van der Waals surface area contributed by atoms with Crippen LogP contribution in [0.2, 0.25) is 0 Å². The predicted octanol–water partition coefficient (Wildman–Crippen LogP) is 4.10. The summed E-state index contributed by atoms with van der Waals surface area (Å²) in [5, 5.41) is 3.17. The molecule has 20 heavy (non-hydrogen) atoms. The number of benzene rings is 2. The molecule has 0 aliphatic rings. The molecule has 0 spiro atoms. The standard InChI is InChI=1S/C16H17BrFNO/c1-19-14(10-11-6-8-12(17)9-7-11)16-13(18)4-3-5-15(16)20-2/h3-9,14,19H,10H2,1-2H3. The van der Waals surface area contributed by atoms with Crippen molar-refractivity contribution in [3.05, 3.63) is 63.9 Å². The molecule has 0 saturated carbocycles. The van der Waals surface area contributed by atoms with Gasteiger partial charge in [-0.1, -0.05) is 34.1 Å². The highest BCUT2D eigenvalue weighted by Gasteiger charge is 2.19. The largest absolute Gasteiger partial charge is 0.496 e. The number of hydrogen-bond acceptors (Lipinski definition) is 2. The van der Waals surface area contributed by atoms with Crippen LogP contribution in [-0.4, -0.2) is 14.2 Å². The second-order valence-electron chi connectivity index (χ2n) is 4.53. The fourth-order valence-corrected chi connectivity index (χ4v) is 2.50. The Kier molecular flexibility index (Phi) is 5.15. The molecule has 0 radical (unpaired) electrons. The van der Waals surface area contributed by atoms with Crippen LogP contribution in [0.25, 0.3) is 0 Å². The molecule has 0 aliphatic carbocycles. The quantitative estimate of drug-likeness (QED) is 0.886. The number of ether oxygens (including phenoxy) is 1. The number of likely N-dealkylation sites (N-methyl/N-ethyl adjacent to an activating group) is 1. The number of rotatable bonds is 5. The Morgan fingerprint density at radius 2 is 1.90 bits per heavy atom. The van der Waals surface area contributed by atoms with E-state index in [2.05, 4.69) is 21.2 Å². The van der Waals surface area contributed by atoms with E-state index in [4.69, 9.17) is 4.74 Å². The van der Waals surface area contributed by atoms with Gasteiger partial charge in [-0.25, -0.2) is 4.39 Å². The van der Waals surface area contributed by atoms with Crippen molar-refractivity contribution in [3.8, 4) is 5.75 Å². The van der Waals surface area contributed by atoms with Crippen molar-refractivity contribution < 1.29 is 9.13 Å². The van der Waals surface area contributed by atoms with Crippen molar-refractivity contribution in [2.24, 2.45) is 0 Å². The third kappa shape index (κ3) is 3.38. The summed E-state index contributed by atoms with van der Waals surface area (Å²) in [5.74, 6) is 0.322. The number of halogens is 2. The lowest BCUT2D eigenvalue weighted by atomic mass is 9.97. The van der Waals surface area contributed by atoms with Gasteiger partial charge in [0.05, 0.1) is 7.11 Å². The van der Waals surface area contributed by atoms with Crippen LogP contribution in [0.1, 0.15) is 17.2 Å². The topological polar surface area (TPSA) is 21.3 Å². The molecule has 106 valence electrons. The smallest absolute Gasteiger partial charge is 0.131 e. The van der Waals surface area contributed by atoms with Crippen LogP contribution in [0.3, 0.4) is 0 Å². The second kappa shape index (κ2) is 6.86. The Bertz CT molecular complexity index is 571. The molecule has 1 atom stereocenters. The molecular formula is C16H17BrFNO. The van der Waals surface area contributed by atoms with Gasteiger partial charge in [0.15, 0.2) is 0 Å². The lowest BCUT2D eigenvalue weighted by Gasteiger charge is -2.20. The lowest BCUT2D eigenvalue weighted by molar-refractivity contribution is 0.393. The van der Waals surface area contributed by atoms with Gasteiger partial charge < -0.3 is 10.1 Å². The fraction of sp³-hybridized carbons (Fsp3) is 0.250. The Morgan fingerprint density at radius 3 is 2.50 bits per heavy atom. The first-order chi connectivity index (χ1) is 9.65. The molecule has 0 fully saturated rings. The van der Waals surface area contributed by atoms with Crippen molar-refractivity contribution in [1.29, 1.82) is 0 Å². The van der Waals surface area contributed by atoms with Crippen LogP contribution in [0.4, 0.5) is 4.39 Å². The Labute approximate surface area is 127 Å². The molecule has 2 rings (SSSR count). The van der Waals surface area contributed by atoms with E-state index in [1.54, 1.807) is 19.2 Å². The predicted molar refractivity (Wildman–Crippen MR) is 82.6 cm³/mol. The minimum Gasteiger partial charge on any atom is -0.496 e. The van der Waals surface area contributed by atoms with E-state index >= 15 is 0 Å². The summed E-state index contributed by atoms with van der Waals surface area (Å²) in [6.07, 6.45) is 0.696. The first kappa shape index (κ1) is 15.0. The van der Waals surface area contributed by atoms with E-state index in [-0.39, 0.29) is 11.9 Å². The maximum Gasteiger partial charge on any atom is 0.131 e.